The second kappa shape index (κ2) is 5.41. The largest absolute Gasteiger partial charge is 0.203 e. The van der Waals surface area contributed by atoms with Crippen LogP contribution < -0.4 is 14.0 Å². The maximum atomic E-state index is 9.58. The Morgan fingerprint density at radius 3 is 1.89 bits per heavy atom. The van der Waals surface area contributed by atoms with Gasteiger partial charge < -0.3 is 0 Å². The molecule has 0 spiro atoms. The third-order valence-electron chi connectivity index (χ3n) is 0.415. The molecule has 9 heavy (non-hydrogen) atoms. The van der Waals surface area contributed by atoms with Gasteiger partial charge in [-0.2, -0.15) is 14.0 Å². The molecular weight excluding hydrogens is 194 g/mol. The molecule has 6 heteroatoms. The van der Waals surface area contributed by atoms with E-state index in [2.05, 4.69) is 4.29 Å². The Bertz CT molecular complexity index is 63.3. The maximum Gasteiger partial charge on any atom is 0.203 e. The summed E-state index contributed by atoms with van der Waals surface area (Å²) >= 11 is 0. The number of hydrogen-bond donors (Lipinski definition) is 0. The Hall–Kier alpha value is 0.624. The second-order valence-corrected chi connectivity index (χ2v) is 2.17. The van der Waals surface area contributed by atoms with Crippen molar-refractivity contribution in [2.45, 2.75) is 13.3 Å². The van der Waals surface area contributed by atoms with Gasteiger partial charge in [-0.25, -0.2) is 0 Å². The fourth-order valence-corrected chi connectivity index (χ4v) is 0.515. The summed E-state index contributed by atoms with van der Waals surface area (Å²) in [6.07, 6.45) is 0.522. The van der Waals surface area contributed by atoms with Crippen LogP contribution in [0, 0.1) is 10.2 Å². The van der Waals surface area contributed by atoms with Crippen LogP contribution in [0.1, 0.15) is 13.3 Å². The van der Waals surface area contributed by atoms with Crippen molar-refractivity contribution in [3.8, 4) is 0 Å². The normalized spacial score (nSPS) is 10.7. The average molecular weight is 201 g/mol. The van der Waals surface area contributed by atoms with Gasteiger partial charge in [0.1, 0.15) is 0 Å². The first kappa shape index (κ1) is 12.3. The van der Waals surface area contributed by atoms with E-state index in [-0.39, 0.29) is 23.1 Å². The van der Waals surface area contributed by atoms with Gasteiger partial charge in [-0.15, -0.1) is 0 Å². The smallest absolute Gasteiger partial charge is 0.183 e. The van der Waals surface area contributed by atoms with Crippen LogP contribution in [0.25, 0.3) is 0 Å². The van der Waals surface area contributed by atoms with Gasteiger partial charge in [0.05, 0.1) is 14.5 Å². The number of rotatable bonds is 3. The van der Waals surface area contributed by atoms with Crippen LogP contribution in [0.4, 0.5) is 0 Å². The standard InChI is InChI=1S/C3H7ClO4.Ni/c1-2-3-8-4(5,6)7;/h2-3H2,1H3;. The predicted molar refractivity (Wildman–Crippen MR) is 16.2 cm³/mol. The van der Waals surface area contributed by atoms with Crippen molar-refractivity contribution in [3.63, 3.8) is 0 Å². The van der Waals surface area contributed by atoms with Gasteiger partial charge in [0.25, 0.3) is 0 Å². The van der Waals surface area contributed by atoms with Crippen molar-refractivity contribution < 1.29 is 45.0 Å². The van der Waals surface area contributed by atoms with E-state index in [1.807, 2.05) is 0 Å². The third kappa shape index (κ3) is 12.0. The van der Waals surface area contributed by atoms with Gasteiger partial charge in [-0.05, 0) is 6.42 Å². The Morgan fingerprint density at radius 2 is 1.78 bits per heavy atom. The van der Waals surface area contributed by atoms with Crippen LogP contribution in [0.5, 0.6) is 0 Å². The Labute approximate surface area is 65.5 Å². The van der Waals surface area contributed by atoms with Crippen LogP contribution in [-0.4, -0.2) is 6.61 Å². The molecule has 0 saturated heterocycles. The first-order valence-electron chi connectivity index (χ1n) is 2.11. The van der Waals surface area contributed by atoms with E-state index < -0.39 is 10.2 Å². The van der Waals surface area contributed by atoms with E-state index in [1.165, 1.54) is 0 Å². The van der Waals surface area contributed by atoms with Crippen LogP contribution >= 0.6 is 0 Å². The molecule has 0 aliphatic heterocycles. The van der Waals surface area contributed by atoms with E-state index in [0.717, 1.165) is 0 Å². The minimum atomic E-state index is -4.19. The molecule has 0 bridgehead atoms. The molecule has 0 rings (SSSR count). The summed E-state index contributed by atoms with van der Waals surface area (Å²) in [6, 6.07) is 0. The van der Waals surface area contributed by atoms with E-state index in [0.29, 0.717) is 6.42 Å². The molecule has 60 valence electrons. The molecule has 0 aromatic heterocycles. The van der Waals surface area contributed by atoms with Gasteiger partial charge in [0.2, 0.25) is 6.61 Å². The molecule has 0 radical (unpaired) electrons. The summed E-state index contributed by atoms with van der Waals surface area (Å²) in [4.78, 5) is 0. The number of hydrogen-bond acceptors (Lipinski definition) is 4. The Kier molecular flexibility index (Phi) is 7.40. The average Bonchev–Trinajstić information content (AvgIpc) is 1.59. The SMILES string of the molecule is CCCO[Cl+3]([O-])([O-])[O-].[Ni]. The molecule has 0 aromatic rings. The molecule has 0 amide bonds. The van der Waals surface area contributed by atoms with E-state index in [1.54, 1.807) is 6.92 Å². The maximum absolute atomic E-state index is 9.58. The quantitative estimate of drug-likeness (QED) is 0.466. The third-order valence-corrected chi connectivity index (χ3v) is 0.836. The van der Waals surface area contributed by atoms with Crippen molar-refractivity contribution in [2.75, 3.05) is 6.61 Å². The molecular formula is C3H7ClNiO4. The molecule has 0 unspecified atom stereocenters. The molecule has 4 nitrogen and oxygen atoms in total. The first-order chi connectivity index (χ1) is 3.56. The van der Waals surface area contributed by atoms with E-state index in [4.69, 9.17) is 0 Å². The van der Waals surface area contributed by atoms with Crippen molar-refractivity contribution in [1.29, 1.82) is 0 Å². The Morgan fingerprint density at radius 1 is 1.33 bits per heavy atom. The zero-order valence-corrected chi connectivity index (χ0v) is 6.48. The van der Waals surface area contributed by atoms with E-state index in [9.17, 15) is 14.0 Å². The zero-order chi connectivity index (χ0) is 6.62. The van der Waals surface area contributed by atoms with Crippen molar-refractivity contribution >= 4 is 0 Å². The fraction of sp³-hybridized carbons (Fsp3) is 1.00. The predicted octanol–water partition coefficient (Wildman–Crippen LogP) is -2.69. The van der Waals surface area contributed by atoms with Crippen molar-refractivity contribution in [1.82, 2.24) is 0 Å². The van der Waals surface area contributed by atoms with Crippen LogP contribution in [0.3, 0.4) is 0 Å². The van der Waals surface area contributed by atoms with Gasteiger partial charge >= 0.3 is 0 Å². The second-order valence-electron chi connectivity index (χ2n) is 1.19. The van der Waals surface area contributed by atoms with Gasteiger partial charge in [-0.1, -0.05) is 6.92 Å². The van der Waals surface area contributed by atoms with E-state index >= 15 is 0 Å². The Balaban J connectivity index is 0. The summed E-state index contributed by atoms with van der Waals surface area (Å²) in [5, 5.41) is 0. The van der Waals surface area contributed by atoms with Crippen LogP contribution in [0.15, 0.2) is 0 Å². The summed E-state index contributed by atoms with van der Waals surface area (Å²) in [6.45, 7) is 1.67. The molecule has 0 N–H and O–H groups in total. The summed E-state index contributed by atoms with van der Waals surface area (Å²) in [7, 11) is -4.19. The van der Waals surface area contributed by atoms with Crippen molar-refractivity contribution in [3.05, 3.63) is 0 Å². The fourth-order valence-electron chi connectivity index (χ4n) is 0.172. The van der Waals surface area contributed by atoms with Gasteiger partial charge in [0, 0.05) is 16.5 Å². The molecule has 0 aliphatic carbocycles. The summed E-state index contributed by atoms with van der Waals surface area (Å²) in [5.41, 5.74) is 0. The molecule has 0 saturated carbocycles. The molecule has 0 fully saturated rings. The van der Waals surface area contributed by atoms with Gasteiger partial charge in [0.15, 0.2) is 0 Å². The van der Waals surface area contributed by atoms with Gasteiger partial charge in [-0.3, -0.25) is 0 Å². The molecule has 0 aromatic carbocycles. The zero-order valence-electron chi connectivity index (χ0n) is 4.74. The summed E-state index contributed by atoms with van der Waals surface area (Å²) in [5.74, 6) is 0. The molecule has 0 heterocycles. The molecule has 0 aliphatic rings. The van der Waals surface area contributed by atoms with Crippen LogP contribution in [0.2, 0.25) is 0 Å². The minimum absolute atomic E-state index is 0. The van der Waals surface area contributed by atoms with Crippen molar-refractivity contribution in [2.24, 2.45) is 0 Å². The topological polar surface area (TPSA) is 78.4 Å². The van der Waals surface area contributed by atoms with Crippen LogP contribution in [-0.2, 0) is 20.8 Å². The minimum Gasteiger partial charge on any atom is -0.183 e. The summed E-state index contributed by atoms with van der Waals surface area (Å²) < 4.78 is 32.5. The first-order valence-corrected chi connectivity index (χ1v) is 3.35. The monoisotopic (exact) mass is 200 g/mol. The number of halogens is 1. The molecule has 0 atom stereocenters.